The minimum atomic E-state index is -6.00. The van der Waals surface area contributed by atoms with Gasteiger partial charge in [-0.3, -0.25) is 0 Å². The fraction of sp³-hybridized carbons (Fsp3) is 0.0833. The molecule has 3 rings (SSSR count). The lowest BCUT2D eigenvalue weighted by molar-refractivity contribution is -0.526. The first-order valence-electron chi connectivity index (χ1n) is 6.14. The molecule has 0 radical (unpaired) electrons. The van der Waals surface area contributed by atoms with E-state index in [4.69, 9.17) is 0 Å². The van der Waals surface area contributed by atoms with E-state index in [1.54, 1.807) is 17.7 Å². The van der Waals surface area contributed by atoms with Crippen molar-refractivity contribution in [2.75, 3.05) is 0 Å². The highest BCUT2D eigenvalue weighted by Gasteiger charge is 2.20. The molecule has 10 heteroatoms. The van der Waals surface area contributed by atoms with Gasteiger partial charge in [-0.25, -0.2) is 8.94 Å². The zero-order valence-electron chi connectivity index (χ0n) is 11.4. The van der Waals surface area contributed by atoms with Crippen molar-refractivity contribution in [2.45, 2.75) is 0 Å². The Hall–Kier alpha value is -2.23. The molecule has 0 atom stereocenters. The number of halogens is 4. The first-order chi connectivity index (χ1) is 10.3. The fourth-order valence-electron chi connectivity index (χ4n) is 1.66. The molecular weight excluding hydrogens is 319 g/mol. The molecule has 0 aliphatic rings. The van der Waals surface area contributed by atoms with Crippen LogP contribution in [-0.2, 0) is 7.05 Å². The van der Waals surface area contributed by atoms with E-state index in [-0.39, 0.29) is 0 Å². The normalized spacial score (nSPS) is 12.1. The Morgan fingerprint density at radius 1 is 1.14 bits per heavy atom. The molecule has 4 nitrogen and oxygen atoms in total. The minimum Gasteiger partial charge on any atom is -0.418 e. The maximum atomic E-state index is 9.75. The van der Waals surface area contributed by atoms with Crippen molar-refractivity contribution in [2.24, 2.45) is 12.0 Å². The quantitative estimate of drug-likeness (QED) is 0.384. The van der Waals surface area contributed by atoms with E-state index in [1.165, 1.54) is 0 Å². The van der Waals surface area contributed by atoms with Gasteiger partial charge in [-0.05, 0) is 12.1 Å². The molecule has 0 aliphatic heterocycles. The molecule has 0 saturated heterocycles. The van der Waals surface area contributed by atoms with Gasteiger partial charge in [0.05, 0.1) is 24.8 Å². The Morgan fingerprint density at radius 2 is 1.82 bits per heavy atom. The maximum Gasteiger partial charge on any atom is 0.673 e. The van der Waals surface area contributed by atoms with Gasteiger partial charge in [0.2, 0.25) is 11.5 Å². The number of hydrogen-bond acceptors (Lipinski definition) is 3. The van der Waals surface area contributed by atoms with E-state index in [2.05, 4.69) is 24.4 Å². The summed E-state index contributed by atoms with van der Waals surface area (Å²) < 4.78 is 43.1. The number of nitrogens with zero attached hydrogens (tertiary/aromatic N) is 4. The van der Waals surface area contributed by atoms with Crippen molar-refractivity contribution in [3.8, 4) is 0 Å². The molecule has 0 bridgehead atoms. The van der Waals surface area contributed by atoms with Crippen molar-refractivity contribution in [3.05, 3.63) is 53.6 Å². The van der Waals surface area contributed by atoms with Gasteiger partial charge in [0, 0.05) is 18.3 Å². The Bertz CT molecular complexity index is 807. The van der Waals surface area contributed by atoms with E-state index in [0.29, 0.717) is 0 Å². The van der Waals surface area contributed by atoms with Gasteiger partial charge in [-0.1, -0.05) is 17.1 Å². The zero-order chi connectivity index (χ0) is 16.2. The molecule has 0 aliphatic carbocycles. The molecule has 0 N–H and O–H groups in total. The van der Waals surface area contributed by atoms with Crippen molar-refractivity contribution in [1.29, 1.82) is 0 Å². The summed E-state index contributed by atoms with van der Waals surface area (Å²) in [5.41, 5.74) is 1.12. The molecule has 0 fully saturated rings. The zero-order valence-corrected chi connectivity index (χ0v) is 12.2. The minimum absolute atomic E-state index is 0.729. The molecule has 116 valence electrons. The third kappa shape index (κ3) is 4.66. The van der Waals surface area contributed by atoms with E-state index < -0.39 is 7.25 Å². The molecule has 0 unspecified atom stereocenters. The average molecular weight is 330 g/mol. The topological polar surface area (TPSA) is 34.3 Å². The van der Waals surface area contributed by atoms with Crippen LogP contribution in [0.1, 0.15) is 0 Å². The highest BCUT2D eigenvalue weighted by molar-refractivity contribution is 7.03. The van der Waals surface area contributed by atoms with Gasteiger partial charge in [0.1, 0.15) is 0 Å². The summed E-state index contributed by atoms with van der Waals surface area (Å²) in [7, 11) is -3.97. The fourth-order valence-corrected chi connectivity index (χ4v) is 2.52. The van der Waals surface area contributed by atoms with Gasteiger partial charge < -0.3 is 17.3 Å². The second-order valence-electron chi connectivity index (χ2n) is 4.09. The first kappa shape index (κ1) is 16.2. The van der Waals surface area contributed by atoms with Crippen LogP contribution in [-0.4, -0.2) is 16.2 Å². The molecule has 22 heavy (non-hydrogen) atoms. The second kappa shape index (κ2) is 6.69. The highest BCUT2D eigenvalue weighted by Crippen LogP contribution is 2.06. The molecular formula is C12H11BF4N4S. The lowest BCUT2D eigenvalue weighted by atomic mass is 10.3. The predicted octanol–water partition coefficient (Wildman–Crippen LogP) is 2.75. The summed E-state index contributed by atoms with van der Waals surface area (Å²) >= 11 is 1.60. The van der Waals surface area contributed by atoms with E-state index in [9.17, 15) is 17.3 Å². The van der Waals surface area contributed by atoms with Crippen LogP contribution in [0, 0.1) is 0 Å². The SMILES string of the molecule is Cn1s/c(=N\c2ccccn2)[n+]2ccccc12.F[B-](F)(F)F. The van der Waals surface area contributed by atoms with E-state index in [1.807, 2.05) is 43.6 Å². The van der Waals surface area contributed by atoms with Crippen LogP contribution < -0.4 is 9.20 Å². The van der Waals surface area contributed by atoms with E-state index in [0.717, 1.165) is 16.3 Å². The van der Waals surface area contributed by atoms with Gasteiger partial charge in [0.15, 0.2) is 0 Å². The van der Waals surface area contributed by atoms with Crippen LogP contribution in [0.4, 0.5) is 23.1 Å². The summed E-state index contributed by atoms with van der Waals surface area (Å²) in [6, 6.07) is 11.8. The van der Waals surface area contributed by atoms with Gasteiger partial charge in [0.25, 0.3) is 0 Å². The number of aryl methyl sites for hydroxylation is 1. The van der Waals surface area contributed by atoms with Gasteiger partial charge >= 0.3 is 12.1 Å². The Morgan fingerprint density at radius 3 is 2.45 bits per heavy atom. The molecule has 0 amide bonds. The number of pyridine rings is 2. The third-order valence-electron chi connectivity index (χ3n) is 2.45. The predicted molar refractivity (Wildman–Crippen MR) is 76.1 cm³/mol. The smallest absolute Gasteiger partial charge is 0.418 e. The van der Waals surface area contributed by atoms with Crippen LogP contribution in [0.3, 0.4) is 0 Å². The van der Waals surface area contributed by atoms with Crippen LogP contribution >= 0.6 is 11.5 Å². The number of fused-ring (bicyclic) bond motifs is 1. The molecule has 0 spiro atoms. The number of rotatable bonds is 1. The highest BCUT2D eigenvalue weighted by atomic mass is 32.1. The first-order valence-corrected chi connectivity index (χ1v) is 6.92. The van der Waals surface area contributed by atoms with Crippen LogP contribution in [0.15, 0.2) is 53.8 Å². The second-order valence-corrected chi connectivity index (χ2v) is 5.19. The summed E-state index contributed by atoms with van der Waals surface area (Å²) in [5.74, 6) is 0.729. The van der Waals surface area contributed by atoms with Crippen molar-refractivity contribution < 1.29 is 21.7 Å². The van der Waals surface area contributed by atoms with Crippen LogP contribution in [0.2, 0.25) is 0 Å². The monoisotopic (exact) mass is 330 g/mol. The van der Waals surface area contributed by atoms with Crippen molar-refractivity contribution in [3.63, 3.8) is 0 Å². The Kier molecular flexibility index (Phi) is 4.91. The van der Waals surface area contributed by atoms with Crippen LogP contribution in [0.25, 0.3) is 5.65 Å². The molecule has 3 aromatic rings. The third-order valence-corrected chi connectivity index (χ3v) is 3.36. The standard InChI is InChI=1S/C12H11N4S.BF4/c1-15-11-7-3-5-9-16(11)12(17-15)14-10-6-2-4-8-13-10;2-1(3,4)5/h2-9H,1H3;/q+1;-1/b14-12-;. The van der Waals surface area contributed by atoms with Crippen LogP contribution in [0.5, 0.6) is 0 Å². The van der Waals surface area contributed by atoms with Crippen molar-refractivity contribution in [1.82, 2.24) is 8.94 Å². The lowest BCUT2D eigenvalue weighted by Crippen LogP contribution is -2.35. The summed E-state index contributed by atoms with van der Waals surface area (Å²) in [6.07, 6.45) is 3.76. The maximum absolute atomic E-state index is 9.75. The lowest BCUT2D eigenvalue weighted by Gasteiger charge is -1.94. The van der Waals surface area contributed by atoms with Crippen molar-refractivity contribution >= 4 is 30.3 Å². The molecule has 0 aromatic carbocycles. The summed E-state index contributed by atoms with van der Waals surface area (Å²) in [6.45, 7) is 0. The summed E-state index contributed by atoms with van der Waals surface area (Å²) in [5, 5.41) is 0. The van der Waals surface area contributed by atoms with Gasteiger partial charge in [-0.2, -0.15) is 4.40 Å². The Balaban J connectivity index is 0.000000309. The van der Waals surface area contributed by atoms with E-state index >= 15 is 0 Å². The Labute approximate surface area is 127 Å². The summed E-state index contributed by atoms with van der Waals surface area (Å²) in [4.78, 5) is 9.67. The largest absolute Gasteiger partial charge is 0.673 e. The average Bonchev–Trinajstić information content (AvgIpc) is 2.76. The number of hydrogen-bond donors (Lipinski definition) is 0. The van der Waals surface area contributed by atoms with Gasteiger partial charge in [-0.15, -0.1) is 0 Å². The molecule has 3 aromatic heterocycles. The number of aromatic nitrogens is 3. The molecule has 3 heterocycles. The molecule has 0 saturated carbocycles.